The van der Waals surface area contributed by atoms with Gasteiger partial charge in [0.2, 0.25) is 0 Å². The standard InChI is InChI=1S/C19H11N3O6/c20-12-17-18(27-15-8-4-13(5-9-15)21(23)24)2-1-3-19(17)28-16-10-6-14(7-11-16)22(25)26/h1-11H. The average Bonchev–Trinajstić information content (AvgIpc) is 2.69. The van der Waals surface area contributed by atoms with Crippen molar-refractivity contribution in [3.05, 3.63) is 92.5 Å². The number of ether oxygens (including phenoxy) is 2. The Kier molecular flexibility index (Phi) is 5.14. The van der Waals surface area contributed by atoms with E-state index in [0.29, 0.717) is 11.5 Å². The first-order chi connectivity index (χ1) is 13.5. The number of rotatable bonds is 6. The highest BCUT2D eigenvalue weighted by molar-refractivity contribution is 5.55. The number of nitro benzene ring substituents is 2. The Balaban J connectivity index is 1.85. The molecule has 9 nitrogen and oxygen atoms in total. The van der Waals surface area contributed by atoms with Gasteiger partial charge in [-0.3, -0.25) is 20.2 Å². The lowest BCUT2D eigenvalue weighted by atomic mass is 10.2. The van der Waals surface area contributed by atoms with E-state index >= 15 is 0 Å². The maximum Gasteiger partial charge on any atom is 0.269 e. The number of non-ortho nitro benzene ring substituents is 2. The monoisotopic (exact) mass is 377 g/mol. The second kappa shape index (κ2) is 7.84. The first-order valence-corrected chi connectivity index (χ1v) is 7.85. The second-order valence-corrected chi connectivity index (χ2v) is 5.45. The maximum atomic E-state index is 10.7. The molecule has 0 unspecified atom stereocenters. The van der Waals surface area contributed by atoms with Gasteiger partial charge in [-0.05, 0) is 36.4 Å². The minimum atomic E-state index is -0.525. The molecule has 0 saturated carbocycles. The van der Waals surface area contributed by atoms with Crippen LogP contribution in [0.1, 0.15) is 5.56 Å². The molecule has 3 aromatic carbocycles. The van der Waals surface area contributed by atoms with Gasteiger partial charge in [-0.15, -0.1) is 0 Å². The fraction of sp³-hybridized carbons (Fsp3) is 0. The number of nitriles is 1. The first-order valence-electron chi connectivity index (χ1n) is 7.85. The molecule has 0 heterocycles. The zero-order chi connectivity index (χ0) is 20.1. The van der Waals surface area contributed by atoms with Crippen molar-refractivity contribution in [2.45, 2.75) is 0 Å². The second-order valence-electron chi connectivity index (χ2n) is 5.45. The Labute approximate surface area is 158 Å². The Morgan fingerprint density at radius 2 is 1.11 bits per heavy atom. The third-order valence-electron chi connectivity index (χ3n) is 3.65. The van der Waals surface area contributed by atoms with Gasteiger partial charge >= 0.3 is 0 Å². The summed E-state index contributed by atoms with van der Waals surface area (Å²) in [6.45, 7) is 0. The van der Waals surface area contributed by atoms with Gasteiger partial charge in [0, 0.05) is 24.3 Å². The fourth-order valence-corrected chi connectivity index (χ4v) is 2.32. The van der Waals surface area contributed by atoms with Crippen LogP contribution in [-0.4, -0.2) is 9.85 Å². The van der Waals surface area contributed by atoms with E-state index in [1.807, 2.05) is 6.07 Å². The molecule has 0 N–H and O–H groups in total. The van der Waals surface area contributed by atoms with Crippen molar-refractivity contribution in [2.75, 3.05) is 0 Å². The van der Waals surface area contributed by atoms with Crippen molar-refractivity contribution in [1.82, 2.24) is 0 Å². The highest BCUT2D eigenvalue weighted by Crippen LogP contribution is 2.34. The molecule has 0 aliphatic heterocycles. The zero-order valence-corrected chi connectivity index (χ0v) is 14.1. The molecule has 9 heteroatoms. The molecule has 0 spiro atoms. The largest absolute Gasteiger partial charge is 0.456 e. The molecule has 3 rings (SSSR count). The third kappa shape index (κ3) is 4.03. The normalized spacial score (nSPS) is 9.96. The molecule has 0 fully saturated rings. The predicted molar refractivity (Wildman–Crippen MR) is 97.5 cm³/mol. The van der Waals surface area contributed by atoms with Crippen molar-refractivity contribution in [3.63, 3.8) is 0 Å². The lowest BCUT2D eigenvalue weighted by molar-refractivity contribution is -0.385. The highest BCUT2D eigenvalue weighted by Gasteiger charge is 2.14. The minimum Gasteiger partial charge on any atom is -0.456 e. The Morgan fingerprint density at radius 1 is 0.714 bits per heavy atom. The molecule has 0 aromatic heterocycles. The van der Waals surface area contributed by atoms with Crippen molar-refractivity contribution < 1.29 is 19.3 Å². The van der Waals surface area contributed by atoms with Crippen LogP contribution in [0.2, 0.25) is 0 Å². The van der Waals surface area contributed by atoms with Crippen LogP contribution in [-0.2, 0) is 0 Å². The van der Waals surface area contributed by atoms with Gasteiger partial charge in [-0.25, -0.2) is 0 Å². The number of nitro groups is 2. The van der Waals surface area contributed by atoms with E-state index in [1.165, 1.54) is 48.5 Å². The van der Waals surface area contributed by atoms with Crippen LogP contribution in [0.4, 0.5) is 11.4 Å². The molecule has 3 aromatic rings. The summed E-state index contributed by atoms with van der Waals surface area (Å²) >= 11 is 0. The Bertz CT molecular complexity index is 995. The molecule has 0 amide bonds. The maximum absolute atomic E-state index is 10.7. The highest BCUT2D eigenvalue weighted by atomic mass is 16.6. The zero-order valence-electron chi connectivity index (χ0n) is 14.1. The quantitative estimate of drug-likeness (QED) is 0.438. The van der Waals surface area contributed by atoms with Crippen LogP contribution in [0.5, 0.6) is 23.0 Å². The van der Waals surface area contributed by atoms with Gasteiger partial charge in [-0.2, -0.15) is 5.26 Å². The summed E-state index contributed by atoms with van der Waals surface area (Å²) in [5.41, 5.74) is -0.0505. The predicted octanol–water partition coefficient (Wildman–Crippen LogP) is 4.96. The minimum absolute atomic E-state index is 0.0805. The van der Waals surface area contributed by atoms with Crippen LogP contribution in [0.15, 0.2) is 66.7 Å². The summed E-state index contributed by atoms with van der Waals surface area (Å²) in [7, 11) is 0. The smallest absolute Gasteiger partial charge is 0.269 e. The van der Waals surface area contributed by atoms with Gasteiger partial charge in [0.25, 0.3) is 11.4 Å². The first kappa shape index (κ1) is 18.3. The summed E-state index contributed by atoms with van der Waals surface area (Å²) in [5, 5.41) is 30.9. The van der Waals surface area contributed by atoms with Crippen molar-refractivity contribution in [1.29, 1.82) is 5.26 Å². The molecular formula is C19H11N3O6. The van der Waals surface area contributed by atoms with Crippen LogP contribution in [0, 0.1) is 31.6 Å². The van der Waals surface area contributed by atoms with E-state index in [1.54, 1.807) is 18.2 Å². The van der Waals surface area contributed by atoms with E-state index in [9.17, 15) is 25.5 Å². The van der Waals surface area contributed by atoms with E-state index < -0.39 is 9.85 Å². The van der Waals surface area contributed by atoms with Crippen LogP contribution < -0.4 is 9.47 Å². The summed E-state index contributed by atoms with van der Waals surface area (Å²) in [6, 6.07) is 17.6. The third-order valence-corrected chi connectivity index (χ3v) is 3.65. The topological polar surface area (TPSA) is 129 Å². The van der Waals surface area contributed by atoms with Gasteiger partial charge in [-0.1, -0.05) is 6.07 Å². The van der Waals surface area contributed by atoms with Gasteiger partial charge in [0.05, 0.1) is 9.85 Å². The number of hydrogen-bond donors (Lipinski definition) is 0. The fourth-order valence-electron chi connectivity index (χ4n) is 2.32. The molecule has 0 radical (unpaired) electrons. The Hall–Kier alpha value is -4.45. The van der Waals surface area contributed by atoms with Gasteiger partial charge in [0.15, 0.2) is 0 Å². The molecule has 0 atom stereocenters. The lowest BCUT2D eigenvalue weighted by Crippen LogP contribution is -1.94. The molecule has 0 bridgehead atoms. The number of nitrogens with zero attached hydrogens (tertiary/aromatic N) is 3. The van der Waals surface area contributed by atoms with Crippen molar-refractivity contribution in [2.24, 2.45) is 0 Å². The molecule has 0 saturated heterocycles. The number of benzene rings is 3. The molecule has 138 valence electrons. The van der Waals surface area contributed by atoms with Crippen molar-refractivity contribution in [3.8, 4) is 29.1 Å². The van der Waals surface area contributed by atoms with Crippen molar-refractivity contribution >= 4 is 11.4 Å². The van der Waals surface area contributed by atoms with E-state index in [0.717, 1.165) is 0 Å². The average molecular weight is 377 g/mol. The van der Waals surface area contributed by atoms with Crippen LogP contribution in [0.3, 0.4) is 0 Å². The van der Waals surface area contributed by atoms with E-state index in [4.69, 9.17) is 9.47 Å². The van der Waals surface area contributed by atoms with Crippen LogP contribution in [0.25, 0.3) is 0 Å². The number of hydrogen-bond acceptors (Lipinski definition) is 7. The summed E-state index contributed by atoms with van der Waals surface area (Å²) in [6.07, 6.45) is 0. The summed E-state index contributed by atoms with van der Waals surface area (Å²) in [5.74, 6) is 1.04. The SMILES string of the molecule is N#Cc1c(Oc2ccc([N+](=O)[O-])cc2)cccc1Oc1ccc([N+](=O)[O-])cc1. The van der Waals surface area contributed by atoms with Gasteiger partial charge < -0.3 is 9.47 Å². The van der Waals surface area contributed by atoms with E-state index in [2.05, 4.69) is 0 Å². The molecule has 28 heavy (non-hydrogen) atoms. The van der Waals surface area contributed by atoms with Crippen LogP contribution >= 0.6 is 0 Å². The lowest BCUT2D eigenvalue weighted by Gasteiger charge is -2.11. The molecule has 0 aliphatic carbocycles. The summed E-state index contributed by atoms with van der Waals surface area (Å²) in [4.78, 5) is 20.4. The Morgan fingerprint density at radius 3 is 1.43 bits per heavy atom. The van der Waals surface area contributed by atoms with E-state index in [-0.39, 0.29) is 28.4 Å². The summed E-state index contributed by atoms with van der Waals surface area (Å²) < 4.78 is 11.3. The molecular weight excluding hydrogens is 366 g/mol. The van der Waals surface area contributed by atoms with Gasteiger partial charge in [0.1, 0.15) is 34.6 Å². The molecule has 0 aliphatic rings.